The third-order valence-corrected chi connectivity index (χ3v) is 6.17. The molecule has 3 rings (SSSR count). The van der Waals surface area contributed by atoms with E-state index in [0.29, 0.717) is 12.3 Å². The summed E-state index contributed by atoms with van der Waals surface area (Å²) in [5, 5.41) is 8.80. The molecule has 0 amide bonds. The van der Waals surface area contributed by atoms with Crippen LogP contribution in [0.1, 0.15) is 85.1 Å². The number of Topliss-reactive ketones (excluding diaryl/α,β-unsaturated/α-hetero) is 1. The molecule has 3 nitrogen and oxygen atoms in total. The van der Waals surface area contributed by atoms with Crippen LogP contribution < -0.4 is 0 Å². The molecule has 1 aromatic heterocycles. The van der Waals surface area contributed by atoms with Gasteiger partial charge >= 0.3 is 0 Å². The van der Waals surface area contributed by atoms with E-state index in [0.717, 1.165) is 48.0 Å². The van der Waals surface area contributed by atoms with Gasteiger partial charge in [-0.25, -0.2) is 0 Å². The Labute approximate surface area is 173 Å². The van der Waals surface area contributed by atoms with Crippen molar-refractivity contribution < 1.29 is 4.79 Å². The molecule has 2 aromatic rings. The van der Waals surface area contributed by atoms with Crippen molar-refractivity contribution in [1.29, 1.82) is 0 Å². The Morgan fingerprint density at radius 1 is 1.04 bits per heavy atom. The van der Waals surface area contributed by atoms with Crippen molar-refractivity contribution in [2.75, 3.05) is 5.88 Å². The van der Waals surface area contributed by atoms with Crippen LogP contribution in [0.15, 0.2) is 36.4 Å². The first kappa shape index (κ1) is 21.0. The van der Waals surface area contributed by atoms with Crippen molar-refractivity contribution in [2.45, 2.75) is 70.6 Å². The van der Waals surface area contributed by atoms with E-state index in [1.807, 2.05) is 18.2 Å². The molecular formula is C24H31ClN2O. The van der Waals surface area contributed by atoms with Crippen molar-refractivity contribution in [3.05, 3.63) is 58.9 Å². The van der Waals surface area contributed by atoms with Gasteiger partial charge in [-0.3, -0.25) is 4.79 Å². The zero-order valence-electron chi connectivity index (χ0n) is 16.9. The minimum Gasteiger partial charge on any atom is -0.294 e. The van der Waals surface area contributed by atoms with E-state index in [-0.39, 0.29) is 5.78 Å². The molecule has 0 saturated heterocycles. The molecular weight excluding hydrogens is 368 g/mol. The molecule has 0 unspecified atom stereocenters. The molecule has 1 heterocycles. The third-order valence-electron chi connectivity index (χ3n) is 5.91. The molecule has 0 radical (unpaired) electrons. The summed E-state index contributed by atoms with van der Waals surface area (Å²) < 4.78 is 0. The van der Waals surface area contributed by atoms with Crippen LogP contribution in [0.5, 0.6) is 0 Å². The van der Waals surface area contributed by atoms with Crippen LogP contribution in [0.25, 0.3) is 0 Å². The zero-order valence-corrected chi connectivity index (χ0v) is 17.6. The fourth-order valence-electron chi connectivity index (χ4n) is 4.21. The normalized spacial score (nSPS) is 19.5. The maximum atomic E-state index is 12.5. The summed E-state index contributed by atoms with van der Waals surface area (Å²) in [5.74, 6) is 2.21. The maximum Gasteiger partial charge on any atom is 0.168 e. The lowest BCUT2D eigenvalue weighted by atomic mass is 9.79. The summed E-state index contributed by atoms with van der Waals surface area (Å²) in [7, 11) is 0. The van der Waals surface area contributed by atoms with Crippen LogP contribution in [0.4, 0.5) is 0 Å². The predicted molar refractivity (Wildman–Crippen MR) is 115 cm³/mol. The van der Waals surface area contributed by atoms with Gasteiger partial charge in [-0.05, 0) is 68.6 Å². The molecule has 150 valence electrons. The van der Waals surface area contributed by atoms with E-state index >= 15 is 0 Å². The van der Waals surface area contributed by atoms with Crippen molar-refractivity contribution in [1.82, 2.24) is 10.2 Å². The number of hydrogen-bond acceptors (Lipinski definition) is 3. The molecule has 1 aromatic carbocycles. The number of benzene rings is 1. The molecule has 0 aliphatic heterocycles. The summed E-state index contributed by atoms with van der Waals surface area (Å²) in [6.07, 6.45) is 9.75. The van der Waals surface area contributed by atoms with Gasteiger partial charge in [-0.2, -0.15) is 10.2 Å². The number of carbonyl (C=O) groups is 1. The summed E-state index contributed by atoms with van der Waals surface area (Å²) in [6, 6.07) is 12.0. The fourth-order valence-corrected chi connectivity index (χ4v) is 4.36. The van der Waals surface area contributed by atoms with Gasteiger partial charge in [0.05, 0.1) is 17.8 Å². The van der Waals surface area contributed by atoms with Crippen LogP contribution in [0, 0.1) is 5.92 Å². The molecule has 1 fully saturated rings. The third kappa shape index (κ3) is 5.88. The number of carbonyl (C=O) groups excluding carboxylic acids is 1. The Balaban J connectivity index is 1.52. The number of hydrogen-bond donors (Lipinski definition) is 0. The van der Waals surface area contributed by atoms with Gasteiger partial charge in [0.2, 0.25) is 0 Å². The van der Waals surface area contributed by atoms with Gasteiger partial charge in [-0.1, -0.05) is 37.6 Å². The maximum absolute atomic E-state index is 12.5. The zero-order chi connectivity index (χ0) is 19.8. The number of ketones is 1. The number of alkyl halides is 1. The molecule has 1 aliphatic carbocycles. The van der Waals surface area contributed by atoms with Gasteiger partial charge in [0.15, 0.2) is 5.78 Å². The topological polar surface area (TPSA) is 42.9 Å². The number of halogens is 1. The second-order valence-electron chi connectivity index (χ2n) is 8.05. The van der Waals surface area contributed by atoms with Gasteiger partial charge < -0.3 is 0 Å². The highest BCUT2D eigenvalue weighted by Crippen LogP contribution is 2.36. The van der Waals surface area contributed by atoms with Gasteiger partial charge in [0.25, 0.3) is 0 Å². The molecule has 4 heteroatoms. The Bertz CT molecular complexity index is 734. The van der Waals surface area contributed by atoms with Crippen LogP contribution >= 0.6 is 11.6 Å². The first-order chi connectivity index (χ1) is 13.7. The second-order valence-corrected chi connectivity index (χ2v) is 8.42. The average Bonchev–Trinajstić information content (AvgIpc) is 2.74. The lowest BCUT2D eigenvalue weighted by Gasteiger charge is -2.27. The molecule has 0 atom stereocenters. The Hall–Kier alpha value is -1.74. The van der Waals surface area contributed by atoms with Crippen LogP contribution in [-0.4, -0.2) is 21.9 Å². The first-order valence-corrected chi connectivity index (χ1v) is 11.2. The lowest BCUT2D eigenvalue weighted by Crippen LogP contribution is -2.15. The number of nitrogens with zero attached hydrogens (tertiary/aromatic N) is 2. The summed E-state index contributed by atoms with van der Waals surface area (Å²) >= 11 is 5.81. The second kappa shape index (κ2) is 10.7. The van der Waals surface area contributed by atoms with Gasteiger partial charge in [-0.15, -0.1) is 11.6 Å². The SMILES string of the molecule is CCCc1ccc(C(=O)Cc2ccc(C3CCC(CCCCl)CC3)nn2)cc1. The molecule has 0 N–H and O–H groups in total. The van der Waals surface area contributed by atoms with Crippen LogP contribution in [0.2, 0.25) is 0 Å². The minimum absolute atomic E-state index is 0.102. The monoisotopic (exact) mass is 398 g/mol. The van der Waals surface area contributed by atoms with E-state index in [9.17, 15) is 4.79 Å². The summed E-state index contributed by atoms with van der Waals surface area (Å²) in [6.45, 7) is 2.16. The van der Waals surface area contributed by atoms with E-state index in [4.69, 9.17) is 11.6 Å². The smallest absolute Gasteiger partial charge is 0.168 e. The lowest BCUT2D eigenvalue weighted by molar-refractivity contribution is 0.0991. The average molecular weight is 399 g/mol. The summed E-state index contributed by atoms with van der Waals surface area (Å²) in [5.41, 5.74) is 3.86. The van der Waals surface area contributed by atoms with E-state index in [2.05, 4.69) is 35.3 Å². The minimum atomic E-state index is 0.102. The predicted octanol–water partition coefficient (Wildman–Crippen LogP) is 6.15. The highest BCUT2D eigenvalue weighted by molar-refractivity contribution is 6.17. The molecule has 28 heavy (non-hydrogen) atoms. The Morgan fingerprint density at radius 2 is 1.79 bits per heavy atom. The fraction of sp³-hybridized carbons (Fsp3) is 0.542. The molecule has 0 spiro atoms. The van der Waals surface area contributed by atoms with Crippen molar-refractivity contribution in [3.8, 4) is 0 Å². The highest BCUT2D eigenvalue weighted by atomic mass is 35.5. The Morgan fingerprint density at radius 3 is 2.39 bits per heavy atom. The van der Waals surface area contributed by atoms with E-state index < -0.39 is 0 Å². The molecule has 1 aliphatic rings. The van der Waals surface area contributed by atoms with Crippen molar-refractivity contribution in [3.63, 3.8) is 0 Å². The largest absolute Gasteiger partial charge is 0.294 e. The first-order valence-electron chi connectivity index (χ1n) is 10.7. The number of aromatic nitrogens is 2. The van der Waals surface area contributed by atoms with E-state index in [1.54, 1.807) is 0 Å². The highest BCUT2D eigenvalue weighted by Gasteiger charge is 2.23. The Kier molecular flexibility index (Phi) is 8.02. The molecule has 0 bridgehead atoms. The van der Waals surface area contributed by atoms with Crippen LogP contribution in [-0.2, 0) is 12.8 Å². The van der Waals surface area contributed by atoms with Gasteiger partial charge in [0, 0.05) is 17.4 Å². The quantitative estimate of drug-likeness (QED) is 0.376. The van der Waals surface area contributed by atoms with Gasteiger partial charge in [0.1, 0.15) is 0 Å². The molecule has 1 saturated carbocycles. The van der Waals surface area contributed by atoms with E-state index in [1.165, 1.54) is 37.7 Å². The summed E-state index contributed by atoms with van der Waals surface area (Å²) in [4.78, 5) is 12.5. The van der Waals surface area contributed by atoms with Crippen molar-refractivity contribution in [2.24, 2.45) is 5.92 Å². The standard InChI is InChI=1S/C24H31ClN2O/c1-2-4-18-8-12-21(13-9-18)24(28)17-22-14-15-23(27-26-22)20-10-6-19(7-11-20)5-3-16-25/h8-9,12-15,19-20H,2-7,10-11,16-17H2,1H3. The van der Waals surface area contributed by atoms with Crippen molar-refractivity contribution >= 4 is 17.4 Å². The van der Waals surface area contributed by atoms with Crippen LogP contribution in [0.3, 0.4) is 0 Å². The number of rotatable bonds is 9. The number of aryl methyl sites for hydroxylation is 1.